The minimum Gasteiger partial charge on any atom is -0.472 e. The summed E-state index contributed by atoms with van der Waals surface area (Å²) < 4.78 is 10.3. The minimum atomic E-state index is 0.236. The van der Waals surface area contributed by atoms with Crippen molar-refractivity contribution in [3.63, 3.8) is 0 Å². The molecular formula is C11H16N6O2. The molecule has 0 unspecified atom stereocenters. The lowest BCUT2D eigenvalue weighted by Crippen LogP contribution is -2.14. The second-order valence-electron chi connectivity index (χ2n) is 3.74. The highest BCUT2D eigenvalue weighted by Crippen LogP contribution is 2.12. The van der Waals surface area contributed by atoms with Crippen molar-refractivity contribution in [1.29, 1.82) is 0 Å². The van der Waals surface area contributed by atoms with Crippen LogP contribution in [0.4, 0.5) is 11.9 Å². The number of nitrogens with two attached hydrogens (primary N) is 1. The van der Waals surface area contributed by atoms with Crippen molar-refractivity contribution in [3.8, 4) is 6.01 Å². The van der Waals surface area contributed by atoms with E-state index in [-0.39, 0.29) is 12.0 Å². The molecule has 0 atom stereocenters. The maximum absolute atomic E-state index is 5.36. The van der Waals surface area contributed by atoms with E-state index >= 15 is 0 Å². The number of hydrogen-bond acceptors (Lipinski definition) is 8. The van der Waals surface area contributed by atoms with Crippen LogP contribution in [0.3, 0.4) is 0 Å². The Balaban J connectivity index is 2.05. The fraction of sp³-hybridized carbons (Fsp3) is 0.364. The summed E-state index contributed by atoms with van der Waals surface area (Å²) in [5, 5.41) is 3.04. The monoisotopic (exact) mass is 264 g/mol. The van der Waals surface area contributed by atoms with Gasteiger partial charge in [-0.15, -0.1) is 0 Å². The molecule has 0 radical (unpaired) electrons. The van der Waals surface area contributed by atoms with Gasteiger partial charge in [0.1, 0.15) is 0 Å². The lowest BCUT2D eigenvalue weighted by molar-refractivity contribution is 0.292. The number of hydrazine groups is 1. The molecule has 0 fully saturated rings. The van der Waals surface area contributed by atoms with E-state index in [1.165, 1.54) is 0 Å². The van der Waals surface area contributed by atoms with Crippen LogP contribution in [0.15, 0.2) is 23.0 Å². The van der Waals surface area contributed by atoms with Gasteiger partial charge in [0, 0.05) is 12.1 Å². The van der Waals surface area contributed by atoms with Crippen molar-refractivity contribution in [2.24, 2.45) is 5.84 Å². The summed E-state index contributed by atoms with van der Waals surface area (Å²) in [5.74, 6) is 5.94. The molecule has 2 aromatic heterocycles. The van der Waals surface area contributed by atoms with Crippen LogP contribution in [0, 0.1) is 0 Å². The topological polar surface area (TPSA) is 111 Å². The first-order valence-electron chi connectivity index (χ1n) is 5.92. The van der Waals surface area contributed by atoms with E-state index in [0.29, 0.717) is 19.1 Å². The molecule has 0 aliphatic rings. The van der Waals surface area contributed by atoms with Gasteiger partial charge >= 0.3 is 6.01 Å². The third-order valence-corrected chi connectivity index (χ3v) is 2.21. The number of rotatable bonds is 7. The van der Waals surface area contributed by atoms with Crippen LogP contribution in [0.5, 0.6) is 6.01 Å². The maximum Gasteiger partial charge on any atom is 0.323 e. The van der Waals surface area contributed by atoms with Crippen molar-refractivity contribution in [1.82, 2.24) is 15.0 Å². The van der Waals surface area contributed by atoms with Crippen LogP contribution in [0.2, 0.25) is 0 Å². The molecule has 8 nitrogen and oxygen atoms in total. The van der Waals surface area contributed by atoms with Gasteiger partial charge < -0.3 is 14.5 Å². The van der Waals surface area contributed by atoms with Crippen LogP contribution in [-0.4, -0.2) is 21.6 Å². The Morgan fingerprint density at radius 1 is 1.32 bits per heavy atom. The van der Waals surface area contributed by atoms with Crippen molar-refractivity contribution in [3.05, 3.63) is 24.2 Å². The van der Waals surface area contributed by atoms with Gasteiger partial charge in [-0.25, -0.2) is 5.84 Å². The number of aromatic nitrogens is 3. The van der Waals surface area contributed by atoms with E-state index in [4.69, 9.17) is 15.0 Å². The molecule has 0 saturated heterocycles. The summed E-state index contributed by atoms with van der Waals surface area (Å²) in [6, 6.07) is 2.09. The zero-order chi connectivity index (χ0) is 13.5. The van der Waals surface area contributed by atoms with Crippen molar-refractivity contribution in [2.45, 2.75) is 19.9 Å². The first kappa shape index (κ1) is 13.1. The Bertz CT molecular complexity index is 502. The average Bonchev–Trinajstić information content (AvgIpc) is 2.96. The SMILES string of the molecule is CCCOc1nc(NN)nc(NCc2ccoc2)n1. The summed E-state index contributed by atoms with van der Waals surface area (Å²) in [5.41, 5.74) is 3.36. The van der Waals surface area contributed by atoms with Gasteiger partial charge in [0.05, 0.1) is 19.1 Å². The molecule has 102 valence electrons. The Hall–Kier alpha value is -2.35. The van der Waals surface area contributed by atoms with E-state index in [9.17, 15) is 0 Å². The highest BCUT2D eigenvalue weighted by molar-refractivity contribution is 5.35. The van der Waals surface area contributed by atoms with Gasteiger partial charge in [-0.3, -0.25) is 5.43 Å². The number of ether oxygens (including phenoxy) is 1. The molecule has 0 aromatic carbocycles. The average molecular weight is 264 g/mol. The fourth-order valence-corrected chi connectivity index (χ4v) is 1.33. The zero-order valence-corrected chi connectivity index (χ0v) is 10.6. The summed E-state index contributed by atoms with van der Waals surface area (Å²) in [4.78, 5) is 12.2. The highest BCUT2D eigenvalue weighted by atomic mass is 16.5. The van der Waals surface area contributed by atoms with E-state index in [1.807, 2.05) is 13.0 Å². The molecule has 0 bridgehead atoms. The summed E-state index contributed by atoms with van der Waals surface area (Å²) in [7, 11) is 0. The number of nitrogens with zero attached hydrogens (tertiary/aromatic N) is 3. The molecule has 2 heterocycles. The van der Waals surface area contributed by atoms with Crippen LogP contribution in [0.25, 0.3) is 0 Å². The van der Waals surface area contributed by atoms with E-state index in [2.05, 4.69) is 25.7 Å². The van der Waals surface area contributed by atoms with E-state index in [0.717, 1.165) is 12.0 Å². The van der Waals surface area contributed by atoms with Gasteiger partial charge in [0.25, 0.3) is 0 Å². The predicted octanol–water partition coefficient (Wildman–Crippen LogP) is 1.15. The Labute approximate surface area is 110 Å². The third kappa shape index (κ3) is 3.81. The Morgan fingerprint density at radius 2 is 2.16 bits per heavy atom. The number of nitrogen functional groups attached to an aromatic ring is 1. The number of nitrogens with one attached hydrogen (secondary N) is 2. The number of anilines is 2. The van der Waals surface area contributed by atoms with Crippen LogP contribution >= 0.6 is 0 Å². The molecule has 0 aliphatic carbocycles. The smallest absolute Gasteiger partial charge is 0.323 e. The maximum atomic E-state index is 5.36. The fourth-order valence-electron chi connectivity index (χ4n) is 1.33. The van der Waals surface area contributed by atoms with Crippen molar-refractivity contribution in [2.75, 3.05) is 17.3 Å². The molecule has 0 spiro atoms. The quantitative estimate of drug-likeness (QED) is 0.504. The largest absolute Gasteiger partial charge is 0.472 e. The molecule has 2 aromatic rings. The molecule has 4 N–H and O–H groups in total. The number of furan rings is 1. The summed E-state index contributed by atoms with van der Waals surface area (Å²) in [6.07, 6.45) is 4.12. The predicted molar refractivity (Wildman–Crippen MR) is 69.5 cm³/mol. The second-order valence-corrected chi connectivity index (χ2v) is 3.74. The van der Waals surface area contributed by atoms with Crippen LogP contribution in [0.1, 0.15) is 18.9 Å². The van der Waals surface area contributed by atoms with Gasteiger partial charge in [-0.2, -0.15) is 15.0 Å². The minimum absolute atomic E-state index is 0.236. The Kier molecular flexibility index (Phi) is 4.51. The molecule has 8 heteroatoms. The van der Waals surface area contributed by atoms with Gasteiger partial charge in [-0.05, 0) is 12.5 Å². The highest BCUT2D eigenvalue weighted by Gasteiger charge is 2.06. The lowest BCUT2D eigenvalue weighted by atomic mass is 10.3. The molecule has 19 heavy (non-hydrogen) atoms. The standard InChI is InChI=1S/C11H16N6O2/c1-2-4-19-11-15-9(14-10(16-11)17-12)13-6-8-3-5-18-7-8/h3,5,7H,2,4,6,12H2,1H3,(H2,13,14,15,16,17). The second kappa shape index (κ2) is 6.55. The Morgan fingerprint density at radius 3 is 2.84 bits per heavy atom. The van der Waals surface area contributed by atoms with Crippen molar-refractivity contribution < 1.29 is 9.15 Å². The molecule has 0 saturated carbocycles. The van der Waals surface area contributed by atoms with Gasteiger partial charge in [0.2, 0.25) is 11.9 Å². The molecule has 0 aliphatic heterocycles. The summed E-state index contributed by atoms with van der Waals surface area (Å²) >= 11 is 0. The van der Waals surface area contributed by atoms with Gasteiger partial charge in [-0.1, -0.05) is 6.92 Å². The van der Waals surface area contributed by atoms with E-state index < -0.39 is 0 Å². The number of hydrogen-bond donors (Lipinski definition) is 3. The van der Waals surface area contributed by atoms with Crippen molar-refractivity contribution >= 4 is 11.9 Å². The zero-order valence-electron chi connectivity index (χ0n) is 10.6. The first-order valence-corrected chi connectivity index (χ1v) is 5.92. The molecular weight excluding hydrogens is 248 g/mol. The third-order valence-electron chi connectivity index (χ3n) is 2.21. The van der Waals surface area contributed by atoms with Crippen LogP contribution in [-0.2, 0) is 6.54 Å². The molecule has 2 rings (SSSR count). The van der Waals surface area contributed by atoms with Gasteiger partial charge in [0.15, 0.2) is 0 Å². The summed E-state index contributed by atoms with van der Waals surface area (Å²) in [6.45, 7) is 3.08. The lowest BCUT2D eigenvalue weighted by Gasteiger charge is -2.08. The van der Waals surface area contributed by atoms with Crippen LogP contribution < -0.4 is 21.3 Å². The first-order chi connectivity index (χ1) is 9.31. The molecule has 0 amide bonds. The van der Waals surface area contributed by atoms with E-state index in [1.54, 1.807) is 12.5 Å². The normalized spacial score (nSPS) is 10.2.